The highest BCUT2D eigenvalue weighted by atomic mass is 35.5. The molecular formula is C20H17ClN6O2S. The number of halogens is 1. The van der Waals surface area contributed by atoms with Crippen LogP contribution in [0, 0.1) is 6.92 Å². The zero-order valence-corrected chi connectivity index (χ0v) is 17.5. The number of amides is 1. The van der Waals surface area contributed by atoms with Crippen LogP contribution in [-0.4, -0.2) is 36.5 Å². The molecule has 10 heteroatoms. The van der Waals surface area contributed by atoms with Gasteiger partial charge in [0.15, 0.2) is 0 Å². The number of nitrogens with zero attached hydrogens (tertiary/aromatic N) is 4. The summed E-state index contributed by atoms with van der Waals surface area (Å²) < 4.78 is 1.45. The molecule has 0 spiro atoms. The number of carbonyl (C=O) groups excluding carboxylic acids is 1. The Bertz CT molecular complexity index is 1270. The number of anilines is 1. The van der Waals surface area contributed by atoms with Crippen LogP contribution in [0.1, 0.15) is 16.8 Å². The first-order valence-corrected chi connectivity index (χ1v) is 10.4. The van der Waals surface area contributed by atoms with E-state index in [0.29, 0.717) is 28.0 Å². The van der Waals surface area contributed by atoms with Crippen molar-refractivity contribution < 1.29 is 4.79 Å². The van der Waals surface area contributed by atoms with E-state index in [4.69, 9.17) is 11.6 Å². The number of H-pyrrole nitrogens is 1. The zero-order chi connectivity index (χ0) is 21.1. The summed E-state index contributed by atoms with van der Waals surface area (Å²) in [4.78, 5) is 27.3. The smallest absolute Gasteiger partial charge is 0.274 e. The molecule has 0 aliphatic rings. The molecule has 0 fully saturated rings. The van der Waals surface area contributed by atoms with Crippen LogP contribution < -0.4 is 10.9 Å². The highest BCUT2D eigenvalue weighted by Crippen LogP contribution is 2.23. The Balaban J connectivity index is 1.50. The third kappa shape index (κ3) is 4.37. The number of fused-ring (bicyclic) bond motifs is 1. The van der Waals surface area contributed by atoms with Gasteiger partial charge in [0.25, 0.3) is 11.3 Å². The number of thioether (sulfide) groups is 1. The number of benzene rings is 2. The predicted molar refractivity (Wildman–Crippen MR) is 116 cm³/mol. The second-order valence-electron chi connectivity index (χ2n) is 6.53. The maximum absolute atomic E-state index is 12.4. The predicted octanol–water partition coefficient (Wildman–Crippen LogP) is 3.10. The van der Waals surface area contributed by atoms with Crippen LogP contribution in [0.4, 0.5) is 5.69 Å². The van der Waals surface area contributed by atoms with E-state index in [9.17, 15) is 9.59 Å². The van der Waals surface area contributed by atoms with E-state index in [2.05, 4.69) is 25.6 Å². The van der Waals surface area contributed by atoms with Crippen LogP contribution in [0.2, 0.25) is 5.02 Å². The highest BCUT2D eigenvalue weighted by Gasteiger charge is 2.14. The number of nitrogens with one attached hydrogen (secondary N) is 2. The molecule has 2 N–H and O–H groups in total. The van der Waals surface area contributed by atoms with Crippen LogP contribution in [0.5, 0.6) is 0 Å². The van der Waals surface area contributed by atoms with Crippen molar-refractivity contribution in [2.75, 3.05) is 11.1 Å². The number of rotatable bonds is 6. The molecule has 4 aromatic rings. The average molecular weight is 441 g/mol. The topological polar surface area (TPSA) is 105 Å². The van der Waals surface area contributed by atoms with Gasteiger partial charge in [0.05, 0.1) is 5.75 Å². The van der Waals surface area contributed by atoms with Crippen molar-refractivity contribution in [3.05, 3.63) is 80.7 Å². The summed E-state index contributed by atoms with van der Waals surface area (Å²) in [7, 11) is 0. The molecule has 2 heterocycles. The Labute approximate surface area is 180 Å². The molecule has 30 heavy (non-hydrogen) atoms. The fourth-order valence-electron chi connectivity index (χ4n) is 2.83. The molecule has 2 aromatic carbocycles. The van der Waals surface area contributed by atoms with Crippen molar-refractivity contribution in [2.45, 2.75) is 18.5 Å². The van der Waals surface area contributed by atoms with Gasteiger partial charge < -0.3 is 5.32 Å². The van der Waals surface area contributed by atoms with Gasteiger partial charge in [-0.15, -0.1) is 10.2 Å². The number of hydrogen-bond acceptors (Lipinski definition) is 6. The SMILES string of the molecule is Cc1c(Cl)cccc1NC(=O)CSc1nnc2[nH]c(=O)c(Cc3ccccc3)nn12. The van der Waals surface area contributed by atoms with Gasteiger partial charge in [-0.2, -0.15) is 9.61 Å². The van der Waals surface area contributed by atoms with Crippen molar-refractivity contribution in [3.63, 3.8) is 0 Å². The molecule has 0 bridgehead atoms. The molecular weight excluding hydrogens is 424 g/mol. The second kappa shape index (κ2) is 8.68. The maximum Gasteiger partial charge on any atom is 0.274 e. The molecule has 8 nitrogen and oxygen atoms in total. The fraction of sp³-hybridized carbons (Fsp3) is 0.150. The lowest BCUT2D eigenvalue weighted by molar-refractivity contribution is -0.113. The van der Waals surface area contributed by atoms with E-state index in [-0.39, 0.29) is 23.0 Å². The van der Waals surface area contributed by atoms with E-state index in [1.165, 1.54) is 16.3 Å². The van der Waals surface area contributed by atoms with Gasteiger partial charge in [-0.05, 0) is 30.2 Å². The van der Waals surface area contributed by atoms with Crippen molar-refractivity contribution >= 4 is 40.7 Å². The van der Waals surface area contributed by atoms with Gasteiger partial charge in [0.1, 0.15) is 5.69 Å². The van der Waals surface area contributed by atoms with Crippen molar-refractivity contribution in [2.24, 2.45) is 0 Å². The number of aromatic amines is 1. The van der Waals surface area contributed by atoms with Crippen molar-refractivity contribution in [3.8, 4) is 0 Å². The van der Waals surface area contributed by atoms with Gasteiger partial charge >= 0.3 is 0 Å². The van der Waals surface area contributed by atoms with Gasteiger partial charge in [0.2, 0.25) is 11.1 Å². The summed E-state index contributed by atoms with van der Waals surface area (Å²) in [5.74, 6) is 0.114. The average Bonchev–Trinajstić information content (AvgIpc) is 3.12. The quantitative estimate of drug-likeness (QED) is 0.446. The number of hydrogen-bond donors (Lipinski definition) is 2. The van der Waals surface area contributed by atoms with Crippen LogP contribution >= 0.6 is 23.4 Å². The Morgan fingerprint density at radius 3 is 2.77 bits per heavy atom. The van der Waals surface area contributed by atoms with Crippen LogP contribution in [0.25, 0.3) is 5.78 Å². The lowest BCUT2D eigenvalue weighted by Gasteiger charge is -2.09. The molecule has 0 aliphatic heterocycles. The van der Waals surface area contributed by atoms with Crippen LogP contribution in [0.3, 0.4) is 0 Å². The Morgan fingerprint density at radius 1 is 1.17 bits per heavy atom. The molecule has 2 aromatic heterocycles. The molecule has 0 unspecified atom stereocenters. The third-order valence-corrected chi connectivity index (χ3v) is 5.74. The van der Waals surface area contributed by atoms with Crippen LogP contribution in [0.15, 0.2) is 58.5 Å². The Hall–Kier alpha value is -3.17. The minimum absolute atomic E-state index is 0.0988. The molecule has 152 valence electrons. The maximum atomic E-state index is 12.4. The molecule has 4 rings (SSSR count). The second-order valence-corrected chi connectivity index (χ2v) is 7.88. The van der Waals surface area contributed by atoms with E-state index in [0.717, 1.165) is 11.1 Å². The fourth-order valence-corrected chi connectivity index (χ4v) is 3.68. The molecule has 0 saturated carbocycles. The minimum Gasteiger partial charge on any atom is -0.325 e. The summed E-state index contributed by atoms with van der Waals surface area (Å²) in [6, 6.07) is 14.9. The van der Waals surface area contributed by atoms with Gasteiger partial charge in [-0.3, -0.25) is 14.6 Å². The normalized spacial score (nSPS) is 11.0. The van der Waals surface area contributed by atoms with Crippen molar-refractivity contribution in [1.29, 1.82) is 0 Å². The first kappa shape index (κ1) is 20.1. The van der Waals surface area contributed by atoms with E-state index in [1.54, 1.807) is 18.2 Å². The van der Waals surface area contributed by atoms with Crippen molar-refractivity contribution in [1.82, 2.24) is 24.8 Å². The largest absolute Gasteiger partial charge is 0.325 e. The van der Waals surface area contributed by atoms with Crippen LogP contribution in [-0.2, 0) is 11.2 Å². The van der Waals surface area contributed by atoms with Gasteiger partial charge in [-0.25, -0.2) is 0 Å². The lowest BCUT2D eigenvalue weighted by Crippen LogP contribution is -2.19. The highest BCUT2D eigenvalue weighted by molar-refractivity contribution is 7.99. The number of aromatic nitrogens is 5. The van der Waals surface area contributed by atoms with E-state index in [1.807, 2.05) is 37.3 Å². The first-order valence-electron chi connectivity index (χ1n) is 9.07. The summed E-state index contributed by atoms with van der Waals surface area (Å²) in [6.07, 6.45) is 0.378. The summed E-state index contributed by atoms with van der Waals surface area (Å²) in [6.45, 7) is 1.84. The lowest BCUT2D eigenvalue weighted by atomic mass is 10.1. The molecule has 0 saturated heterocycles. The number of carbonyl (C=O) groups is 1. The van der Waals surface area contributed by atoms with E-state index >= 15 is 0 Å². The Morgan fingerprint density at radius 2 is 1.97 bits per heavy atom. The zero-order valence-electron chi connectivity index (χ0n) is 15.9. The molecule has 0 atom stereocenters. The van der Waals surface area contributed by atoms with E-state index < -0.39 is 0 Å². The molecule has 1 amide bonds. The standard InChI is InChI=1S/C20H17ClN6O2S/c1-12-14(21)8-5-9-15(12)22-17(28)11-30-20-25-24-19-23-18(29)16(26-27(19)20)10-13-6-3-2-4-7-13/h2-9H,10-11H2,1H3,(H,22,28)(H,23,24,29). The minimum atomic E-state index is -0.315. The Kier molecular flexibility index (Phi) is 5.82. The summed E-state index contributed by atoms with van der Waals surface area (Å²) in [5, 5.41) is 16.2. The summed E-state index contributed by atoms with van der Waals surface area (Å²) >= 11 is 7.27. The third-order valence-electron chi connectivity index (χ3n) is 4.41. The molecule has 0 aliphatic carbocycles. The van der Waals surface area contributed by atoms with Gasteiger partial charge in [-0.1, -0.05) is 59.8 Å². The molecule has 0 radical (unpaired) electrons. The monoisotopic (exact) mass is 440 g/mol. The summed E-state index contributed by atoms with van der Waals surface area (Å²) in [5.41, 5.74) is 2.45. The van der Waals surface area contributed by atoms with Gasteiger partial charge in [0, 0.05) is 17.1 Å². The first-order chi connectivity index (χ1) is 14.5.